The van der Waals surface area contributed by atoms with Gasteiger partial charge in [-0.1, -0.05) is 35.9 Å². The van der Waals surface area contributed by atoms with Gasteiger partial charge in [0, 0.05) is 42.2 Å². The van der Waals surface area contributed by atoms with Crippen LogP contribution in [0.2, 0.25) is 5.02 Å². The average Bonchev–Trinajstić information content (AvgIpc) is 2.49. The third-order valence-electron chi connectivity index (χ3n) is 3.33. The Bertz CT molecular complexity index is 740. The molecule has 100 valence electrons. The molecule has 0 bridgehead atoms. The van der Waals surface area contributed by atoms with Crippen LogP contribution in [0.3, 0.4) is 0 Å². The predicted octanol–water partition coefficient (Wildman–Crippen LogP) is 3.56. The number of aliphatic hydroxyl groups excluding tert-OH is 1. The van der Waals surface area contributed by atoms with Gasteiger partial charge < -0.3 is 5.11 Å². The lowest BCUT2D eigenvalue weighted by Crippen LogP contribution is -2.04. The van der Waals surface area contributed by atoms with E-state index < -0.39 is 6.10 Å². The van der Waals surface area contributed by atoms with Crippen LogP contribution in [0.15, 0.2) is 55.1 Å². The fourth-order valence-corrected chi connectivity index (χ4v) is 2.49. The first kappa shape index (κ1) is 13.0. The molecule has 0 radical (unpaired) electrons. The number of aliphatic hydroxyl groups is 1. The van der Waals surface area contributed by atoms with E-state index in [1.165, 1.54) is 0 Å². The van der Waals surface area contributed by atoms with E-state index in [4.69, 9.17) is 11.6 Å². The fourth-order valence-electron chi connectivity index (χ4n) is 2.29. The van der Waals surface area contributed by atoms with Gasteiger partial charge >= 0.3 is 0 Å². The highest BCUT2D eigenvalue weighted by molar-refractivity contribution is 6.31. The van der Waals surface area contributed by atoms with Gasteiger partial charge in [-0.15, -0.1) is 0 Å². The minimum Gasteiger partial charge on any atom is -0.388 e. The van der Waals surface area contributed by atoms with E-state index >= 15 is 0 Å². The molecule has 1 atom stereocenters. The van der Waals surface area contributed by atoms with Crippen LogP contribution in [0, 0.1) is 0 Å². The van der Waals surface area contributed by atoms with Crippen LogP contribution in [0.4, 0.5) is 0 Å². The first-order valence-electron chi connectivity index (χ1n) is 6.35. The van der Waals surface area contributed by atoms with Gasteiger partial charge in [-0.2, -0.15) is 0 Å². The summed E-state index contributed by atoms with van der Waals surface area (Å²) >= 11 is 6.08. The maximum absolute atomic E-state index is 10.5. The van der Waals surface area contributed by atoms with Gasteiger partial charge in [0.2, 0.25) is 0 Å². The number of benzene rings is 1. The van der Waals surface area contributed by atoms with E-state index in [0.717, 1.165) is 21.9 Å². The summed E-state index contributed by atoms with van der Waals surface area (Å²) in [6, 6.07) is 9.71. The Morgan fingerprint density at radius 2 is 1.90 bits per heavy atom. The van der Waals surface area contributed by atoms with Gasteiger partial charge in [-0.25, -0.2) is 0 Å². The van der Waals surface area contributed by atoms with E-state index in [1.807, 2.05) is 30.3 Å². The molecule has 3 nitrogen and oxygen atoms in total. The highest BCUT2D eigenvalue weighted by Gasteiger charge is 2.14. The number of nitrogens with zero attached hydrogens (tertiary/aromatic N) is 2. The number of aromatic nitrogens is 2. The zero-order valence-corrected chi connectivity index (χ0v) is 11.5. The maximum Gasteiger partial charge on any atom is 0.0851 e. The Morgan fingerprint density at radius 3 is 2.75 bits per heavy atom. The Kier molecular flexibility index (Phi) is 3.63. The minimum absolute atomic E-state index is 0.442. The molecule has 3 rings (SSSR count). The minimum atomic E-state index is -0.645. The molecule has 4 heteroatoms. The largest absolute Gasteiger partial charge is 0.388 e. The lowest BCUT2D eigenvalue weighted by molar-refractivity contribution is 0.179. The smallest absolute Gasteiger partial charge is 0.0851 e. The second kappa shape index (κ2) is 5.57. The Balaban J connectivity index is 1.97. The molecule has 0 aliphatic carbocycles. The molecule has 0 aliphatic heterocycles. The van der Waals surface area contributed by atoms with Crippen LogP contribution in [0.5, 0.6) is 0 Å². The molecule has 0 aliphatic rings. The van der Waals surface area contributed by atoms with Crippen molar-refractivity contribution in [3.63, 3.8) is 0 Å². The number of halogens is 1. The normalized spacial score (nSPS) is 12.5. The number of fused-ring (bicyclic) bond motifs is 1. The highest BCUT2D eigenvalue weighted by Crippen LogP contribution is 2.27. The van der Waals surface area contributed by atoms with Crippen molar-refractivity contribution in [2.24, 2.45) is 0 Å². The molecule has 3 aromatic rings. The Labute approximate surface area is 121 Å². The van der Waals surface area contributed by atoms with Crippen LogP contribution >= 0.6 is 11.6 Å². The molecule has 1 unspecified atom stereocenters. The quantitative estimate of drug-likeness (QED) is 0.800. The lowest BCUT2D eigenvalue weighted by Gasteiger charge is -2.14. The summed E-state index contributed by atoms with van der Waals surface area (Å²) < 4.78 is 0. The summed E-state index contributed by atoms with van der Waals surface area (Å²) in [4.78, 5) is 8.14. The molecule has 0 spiro atoms. The summed E-state index contributed by atoms with van der Waals surface area (Å²) in [6.07, 6.45) is 6.57. The summed E-state index contributed by atoms with van der Waals surface area (Å²) in [5.74, 6) is 0. The number of hydrogen-bond acceptors (Lipinski definition) is 3. The van der Waals surface area contributed by atoms with Crippen molar-refractivity contribution in [2.75, 3.05) is 0 Å². The van der Waals surface area contributed by atoms with Crippen molar-refractivity contribution in [1.82, 2.24) is 9.97 Å². The molecule has 2 heterocycles. The summed E-state index contributed by atoms with van der Waals surface area (Å²) in [6.45, 7) is 0. The second-order valence-corrected chi connectivity index (χ2v) is 5.04. The molecule has 0 fully saturated rings. The molecule has 1 N–H and O–H groups in total. The van der Waals surface area contributed by atoms with Crippen molar-refractivity contribution in [1.29, 1.82) is 0 Å². The highest BCUT2D eigenvalue weighted by atomic mass is 35.5. The molecule has 0 amide bonds. The van der Waals surface area contributed by atoms with Crippen LogP contribution in [0.1, 0.15) is 17.2 Å². The standard InChI is InChI=1S/C16H13ClN2O/c17-15-10-18-6-5-11(15)7-16(20)14-9-19-8-12-3-1-2-4-13(12)14/h1-6,8-10,16,20H,7H2. The van der Waals surface area contributed by atoms with Crippen LogP contribution in [-0.4, -0.2) is 15.1 Å². The van der Waals surface area contributed by atoms with E-state index in [1.54, 1.807) is 24.8 Å². The third kappa shape index (κ3) is 2.50. The summed E-state index contributed by atoms with van der Waals surface area (Å²) in [5.41, 5.74) is 1.69. The second-order valence-electron chi connectivity index (χ2n) is 4.64. The first-order valence-corrected chi connectivity index (χ1v) is 6.72. The van der Waals surface area contributed by atoms with Crippen molar-refractivity contribution >= 4 is 22.4 Å². The van der Waals surface area contributed by atoms with Gasteiger partial charge in [0.25, 0.3) is 0 Å². The van der Waals surface area contributed by atoms with Crippen molar-refractivity contribution in [3.05, 3.63) is 71.3 Å². The van der Waals surface area contributed by atoms with Crippen LogP contribution in [0.25, 0.3) is 10.8 Å². The van der Waals surface area contributed by atoms with E-state index in [2.05, 4.69) is 9.97 Å². The van der Waals surface area contributed by atoms with Gasteiger partial charge in [-0.05, 0) is 17.0 Å². The van der Waals surface area contributed by atoms with Gasteiger partial charge in [0.1, 0.15) is 0 Å². The van der Waals surface area contributed by atoms with Gasteiger partial charge in [0.05, 0.1) is 11.1 Å². The topological polar surface area (TPSA) is 46.0 Å². The number of pyridine rings is 2. The lowest BCUT2D eigenvalue weighted by atomic mass is 9.99. The van der Waals surface area contributed by atoms with Crippen molar-refractivity contribution < 1.29 is 5.11 Å². The van der Waals surface area contributed by atoms with E-state index in [-0.39, 0.29) is 0 Å². The fraction of sp³-hybridized carbons (Fsp3) is 0.125. The van der Waals surface area contributed by atoms with Crippen molar-refractivity contribution in [2.45, 2.75) is 12.5 Å². The monoisotopic (exact) mass is 284 g/mol. The molecular formula is C16H13ClN2O. The molecule has 2 aromatic heterocycles. The number of hydrogen-bond donors (Lipinski definition) is 1. The molecule has 20 heavy (non-hydrogen) atoms. The van der Waals surface area contributed by atoms with E-state index in [9.17, 15) is 5.11 Å². The Hall–Kier alpha value is -1.97. The molecule has 0 saturated carbocycles. The maximum atomic E-state index is 10.5. The zero-order valence-electron chi connectivity index (χ0n) is 10.7. The Morgan fingerprint density at radius 1 is 1.05 bits per heavy atom. The van der Waals surface area contributed by atoms with Crippen LogP contribution < -0.4 is 0 Å². The first-order chi connectivity index (χ1) is 9.75. The summed E-state index contributed by atoms with van der Waals surface area (Å²) in [7, 11) is 0. The third-order valence-corrected chi connectivity index (χ3v) is 3.67. The molecule has 0 saturated heterocycles. The van der Waals surface area contributed by atoms with Gasteiger partial charge in [-0.3, -0.25) is 9.97 Å². The average molecular weight is 285 g/mol. The van der Waals surface area contributed by atoms with Crippen LogP contribution in [-0.2, 0) is 6.42 Å². The SMILES string of the molecule is OC(Cc1ccncc1Cl)c1cncc2ccccc12. The summed E-state index contributed by atoms with van der Waals surface area (Å²) in [5, 5.41) is 13.1. The van der Waals surface area contributed by atoms with Crippen molar-refractivity contribution in [3.8, 4) is 0 Å². The zero-order chi connectivity index (χ0) is 13.9. The molecule has 1 aromatic carbocycles. The van der Waals surface area contributed by atoms with E-state index in [0.29, 0.717) is 11.4 Å². The molecular weight excluding hydrogens is 272 g/mol. The number of rotatable bonds is 3. The van der Waals surface area contributed by atoms with Gasteiger partial charge in [0.15, 0.2) is 0 Å². The predicted molar refractivity (Wildman–Crippen MR) is 79.7 cm³/mol.